The van der Waals surface area contributed by atoms with Crippen molar-refractivity contribution in [3.05, 3.63) is 72.4 Å². The van der Waals surface area contributed by atoms with E-state index in [0.717, 1.165) is 32.7 Å². The summed E-state index contributed by atoms with van der Waals surface area (Å²) in [5.74, 6) is 0.780. The second kappa shape index (κ2) is 9.39. The first-order valence-corrected chi connectivity index (χ1v) is 10.5. The number of hydrazone groups is 1. The van der Waals surface area contributed by atoms with Crippen LogP contribution in [0.15, 0.2) is 39.9 Å². The van der Waals surface area contributed by atoms with Crippen LogP contribution in [0.3, 0.4) is 0 Å². The van der Waals surface area contributed by atoms with Gasteiger partial charge in [0.1, 0.15) is 5.75 Å². The monoisotopic (exact) mass is 514 g/mol. The molecule has 5 nitrogen and oxygen atoms in total. The summed E-state index contributed by atoms with van der Waals surface area (Å²) < 4.78 is 8.45. The van der Waals surface area contributed by atoms with Crippen molar-refractivity contribution < 1.29 is 4.74 Å². The van der Waals surface area contributed by atoms with Crippen LogP contribution in [0.4, 0.5) is 5.69 Å². The van der Waals surface area contributed by atoms with E-state index in [0.29, 0.717) is 27.3 Å². The number of methoxy groups -OCH3 is 1. The van der Waals surface area contributed by atoms with Gasteiger partial charge in [-0.25, -0.2) is 0 Å². The molecule has 2 aromatic carbocycles. The van der Waals surface area contributed by atoms with Gasteiger partial charge in [-0.3, -0.25) is 10.1 Å². The molecule has 0 amide bonds. The summed E-state index contributed by atoms with van der Waals surface area (Å²) in [4.78, 5) is 0. The first-order chi connectivity index (χ1) is 13.8. The van der Waals surface area contributed by atoms with E-state index in [2.05, 4.69) is 31.6 Å². The van der Waals surface area contributed by atoms with E-state index in [1.165, 1.54) is 0 Å². The van der Waals surface area contributed by atoms with Crippen LogP contribution in [0.1, 0.15) is 22.5 Å². The molecule has 0 atom stereocenters. The Balaban J connectivity index is 1.83. The maximum atomic E-state index is 6.17. The summed E-state index contributed by atoms with van der Waals surface area (Å²) in [6.45, 7) is 4.56. The van der Waals surface area contributed by atoms with E-state index in [-0.39, 0.29) is 0 Å². The third-order valence-electron chi connectivity index (χ3n) is 4.31. The minimum Gasteiger partial charge on any atom is -0.496 e. The van der Waals surface area contributed by atoms with Crippen LogP contribution in [-0.2, 0) is 6.54 Å². The molecular weight excluding hydrogens is 499 g/mol. The van der Waals surface area contributed by atoms with Crippen LogP contribution in [-0.4, -0.2) is 23.1 Å². The van der Waals surface area contributed by atoms with Crippen molar-refractivity contribution in [2.75, 3.05) is 12.5 Å². The van der Waals surface area contributed by atoms with Gasteiger partial charge in [0.2, 0.25) is 0 Å². The van der Waals surface area contributed by atoms with Gasteiger partial charge < -0.3 is 4.74 Å². The van der Waals surface area contributed by atoms with Gasteiger partial charge in [-0.2, -0.15) is 10.2 Å². The number of rotatable bonds is 6. The molecule has 0 aliphatic carbocycles. The molecule has 29 heavy (non-hydrogen) atoms. The van der Waals surface area contributed by atoms with Crippen molar-refractivity contribution in [2.24, 2.45) is 5.10 Å². The fourth-order valence-corrected chi connectivity index (χ4v) is 4.00. The number of halogens is 4. The molecule has 0 unspecified atom stereocenters. The van der Waals surface area contributed by atoms with Gasteiger partial charge in [-0.15, -0.1) is 0 Å². The van der Waals surface area contributed by atoms with Gasteiger partial charge in [0.05, 0.1) is 51.5 Å². The maximum absolute atomic E-state index is 6.17. The second-order valence-electron chi connectivity index (χ2n) is 6.33. The van der Waals surface area contributed by atoms with Gasteiger partial charge in [0.25, 0.3) is 0 Å². The lowest BCUT2D eigenvalue weighted by Gasteiger charge is -2.11. The van der Waals surface area contributed by atoms with Crippen LogP contribution in [0.5, 0.6) is 5.75 Å². The molecule has 0 bridgehead atoms. The van der Waals surface area contributed by atoms with Crippen LogP contribution in [0.25, 0.3) is 0 Å². The van der Waals surface area contributed by atoms with Crippen molar-refractivity contribution in [1.29, 1.82) is 0 Å². The quantitative estimate of drug-likeness (QED) is 0.292. The lowest BCUT2D eigenvalue weighted by Crippen LogP contribution is -2.06. The molecule has 0 aliphatic heterocycles. The smallest absolute Gasteiger partial charge is 0.123 e. The summed E-state index contributed by atoms with van der Waals surface area (Å²) >= 11 is 21.8. The van der Waals surface area contributed by atoms with Gasteiger partial charge >= 0.3 is 0 Å². The number of hydrogen-bond donors (Lipinski definition) is 1. The van der Waals surface area contributed by atoms with E-state index in [1.54, 1.807) is 25.5 Å². The summed E-state index contributed by atoms with van der Waals surface area (Å²) in [6, 6.07) is 9.02. The molecule has 3 rings (SSSR count). The Labute approximate surface area is 192 Å². The fourth-order valence-electron chi connectivity index (χ4n) is 2.81. The first kappa shape index (κ1) is 22.0. The Kier molecular flexibility index (Phi) is 7.11. The van der Waals surface area contributed by atoms with Gasteiger partial charge in [-0.1, -0.05) is 34.8 Å². The molecule has 1 N–H and O–H groups in total. The molecule has 0 radical (unpaired) electrons. The molecule has 9 heteroatoms. The van der Waals surface area contributed by atoms with Crippen molar-refractivity contribution in [3.63, 3.8) is 0 Å². The summed E-state index contributed by atoms with van der Waals surface area (Å²) in [7, 11) is 1.65. The van der Waals surface area contributed by atoms with Crippen LogP contribution in [0, 0.1) is 13.8 Å². The summed E-state index contributed by atoms with van der Waals surface area (Å²) in [5.41, 5.74) is 7.23. The molecule has 1 aromatic heterocycles. The summed E-state index contributed by atoms with van der Waals surface area (Å²) in [6.07, 6.45) is 1.68. The average molecular weight is 517 g/mol. The molecule has 0 saturated heterocycles. The Morgan fingerprint density at radius 1 is 1.17 bits per heavy atom. The zero-order chi connectivity index (χ0) is 21.1. The highest BCUT2D eigenvalue weighted by molar-refractivity contribution is 9.10. The van der Waals surface area contributed by atoms with E-state index in [4.69, 9.17) is 39.5 Å². The third kappa shape index (κ3) is 5.07. The SMILES string of the molecule is COc1ccc(C=NNc2c(Cl)cc(Cl)cc2Cl)cc1Cn1nc(C)c(Br)c1C. The maximum Gasteiger partial charge on any atom is 0.123 e. The number of aryl methyl sites for hydroxylation is 1. The lowest BCUT2D eigenvalue weighted by atomic mass is 10.1. The van der Waals surface area contributed by atoms with Crippen LogP contribution < -0.4 is 10.2 Å². The van der Waals surface area contributed by atoms with E-state index in [1.807, 2.05) is 36.7 Å². The van der Waals surface area contributed by atoms with Crippen LogP contribution >= 0.6 is 50.7 Å². The Morgan fingerprint density at radius 2 is 1.86 bits per heavy atom. The number of nitrogens with zero attached hydrogens (tertiary/aromatic N) is 3. The molecule has 0 saturated carbocycles. The predicted molar refractivity (Wildman–Crippen MR) is 124 cm³/mol. The highest BCUT2D eigenvalue weighted by Gasteiger charge is 2.12. The molecular formula is C20H18BrCl3N4O. The molecule has 152 valence electrons. The van der Waals surface area contributed by atoms with E-state index < -0.39 is 0 Å². The van der Waals surface area contributed by atoms with Gasteiger partial charge in [0, 0.05) is 10.6 Å². The fraction of sp³-hybridized carbons (Fsp3) is 0.200. The Morgan fingerprint density at radius 3 is 2.45 bits per heavy atom. The third-order valence-corrected chi connectivity index (χ3v) is 6.28. The normalized spacial score (nSPS) is 11.3. The second-order valence-corrected chi connectivity index (χ2v) is 8.37. The largest absolute Gasteiger partial charge is 0.496 e. The number of anilines is 1. The lowest BCUT2D eigenvalue weighted by molar-refractivity contribution is 0.407. The molecule has 0 aliphatic rings. The van der Waals surface area contributed by atoms with Crippen molar-refractivity contribution >= 4 is 62.6 Å². The van der Waals surface area contributed by atoms with Crippen LogP contribution in [0.2, 0.25) is 15.1 Å². The zero-order valence-electron chi connectivity index (χ0n) is 15.9. The number of hydrogen-bond acceptors (Lipinski definition) is 4. The highest BCUT2D eigenvalue weighted by Crippen LogP contribution is 2.33. The van der Waals surface area contributed by atoms with Crippen molar-refractivity contribution in [2.45, 2.75) is 20.4 Å². The highest BCUT2D eigenvalue weighted by atomic mass is 79.9. The van der Waals surface area contributed by atoms with Gasteiger partial charge in [0.15, 0.2) is 0 Å². The van der Waals surface area contributed by atoms with Crippen molar-refractivity contribution in [3.8, 4) is 5.75 Å². The number of nitrogens with one attached hydrogen (secondary N) is 1. The Hall–Kier alpha value is -1.73. The Bertz CT molecular complexity index is 1060. The molecule has 0 fully saturated rings. The molecule has 0 spiro atoms. The molecule has 1 heterocycles. The molecule has 3 aromatic rings. The van der Waals surface area contributed by atoms with E-state index in [9.17, 15) is 0 Å². The minimum absolute atomic E-state index is 0.394. The number of benzene rings is 2. The standard InChI is InChI=1S/C20H18BrCl3N4O/c1-11-19(21)12(2)28(27-11)10-14-6-13(4-5-18(14)29-3)9-25-26-20-16(23)7-15(22)8-17(20)24/h4-9,26H,10H2,1-3H3. The zero-order valence-corrected chi connectivity index (χ0v) is 19.8. The first-order valence-electron chi connectivity index (χ1n) is 8.60. The van der Waals surface area contributed by atoms with Crippen molar-refractivity contribution in [1.82, 2.24) is 9.78 Å². The number of ether oxygens (including phenoxy) is 1. The van der Waals surface area contributed by atoms with Gasteiger partial charge in [-0.05, 0) is 65.7 Å². The minimum atomic E-state index is 0.394. The average Bonchev–Trinajstić information content (AvgIpc) is 2.91. The number of aromatic nitrogens is 2. The predicted octanol–water partition coefficient (Wildman–Crippen LogP) is 6.73. The summed E-state index contributed by atoms with van der Waals surface area (Å²) in [5, 5.41) is 10.1. The van der Waals surface area contributed by atoms with E-state index >= 15 is 0 Å². The topological polar surface area (TPSA) is 51.4 Å².